The predicted molar refractivity (Wildman–Crippen MR) is 128 cm³/mol. The van der Waals surface area contributed by atoms with Gasteiger partial charge in [-0.1, -0.05) is 37.5 Å². The Labute approximate surface area is 191 Å². The zero-order valence-corrected chi connectivity index (χ0v) is 19.2. The van der Waals surface area contributed by atoms with E-state index in [-0.39, 0.29) is 11.8 Å². The minimum Gasteiger partial charge on any atom is -0.497 e. The van der Waals surface area contributed by atoms with Gasteiger partial charge < -0.3 is 15.4 Å². The van der Waals surface area contributed by atoms with Gasteiger partial charge in [-0.2, -0.15) is 0 Å². The summed E-state index contributed by atoms with van der Waals surface area (Å²) in [7, 11) is 3.77. The Hall–Kier alpha value is -2.86. The highest BCUT2D eigenvalue weighted by atomic mass is 16.5. The van der Waals surface area contributed by atoms with E-state index < -0.39 is 0 Å². The van der Waals surface area contributed by atoms with Crippen LogP contribution in [-0.2, 0) is 11.3 Å². The summed E-state index contributed by atoms with van der Waals surface area (Å²) in [6, 6.07) is 15.6. The van der Waals surface area contributed by atoms with Crippen molar-refractivity contribution in [2.24, 2.45) is 0 Å². The molecule has 2 aromatic rings. The van der Waals surface area contributed by atoms with Gasteiger partial charge in [0.05, 0.1) is 7.11 Å². The Bertz CT molecular complexity index is 876. The summed E-state index contributed by atoms with van der Waals surface area (Å²) < 4.78 is 5.10. The van der Waals surface area contributed by atoms with Gasteiger partial charge in [-0.05, 0) is 62.2 Å². The summed E-state index contributed by atoms with van der Waals surface area (Å²) in [5, 5.41) is 5.92. The van der Waals surface area contributed by atoms with Crippen LogP contribution in [0.3, 0.4) is 0 Å². The fourth-order valence-electron chi connectivity index (χ4n) is 4.21. The van der Waals surface area contributed by atoms with Gasteiger partial charge in [-0.3, -0.25) is 14.5 Å². The maximum absolute atomic E-state index is 12.5. The van der Waals surface area contributed by atoms with Crippen molar-refractivity contribution in [2.75, 3.05) is 26.0 Å². The van der Waals surface area contributed by atoms with Crippen molar-refractivity contribution in [3.63, 3.8) is 0 Å². The van der Waals surface area contributed by atoms with Crippen molar-refractivity contribution in [3.05, 3.63) is 59.7 Å². The molecule has 0 radical (unpaired) electrons. The first-order chi connectivity index (χ1) is 15.6. The standard InChI is InChI=1S/C26H35N3O3/c1-29(22-10-4-3-5-11-22)19-21-9-6-7-12-24(21)28-25(30)13-8-18-27-26(31)20-14-16-23(32-2)17-15-20/h6-7,9,12,14-17,22H,3-5,8,10-11,13,18-19H2,1-2H3,(H,27,31)(H,28,30). The second-order valence-corrected chi connectivity index (χ2v) is 8.50. The fourth-order valence-corrected chi connectivity index (χ4v) is 4.21. The molecule has 1 fully saturated rings. The van der Waals surface area contributed by atoms with E-state index in [0.29, 0.717) is 36.7 Å². The number of nitrogens with one attached hydrogen (secondary N) is 2. The summed E-state index contributed by atoms with van der Waals surface area (Å²) >= 11 is 0. The fraction of sp³-hybridized carbons (Fsp3) is 0.462. The average Bonchev–Trinajstić information content (AvgIpc) is 2.83. The van der Waals surface area contributed by atoms with Crippen LogP contribution in [0.1, 0.15) is 60.9 Å². The molecule has 0 bridgehead atoms. The summed E-state index contributed by atoms with van der Waals surface area (Å²) in [4.78, 5) is 27.1. The van der Waals surface area contributed by atoms with E-state index in [1.54, 1.807) is 31.4 Å². The zero-order valence-electron chi connectivity index (χ0n) is 19.2. The van der Waals surface area contributed by atoms with E-state index in [2.05, 4.69) is 28.6 Å². The average molecular weight is 438 g/mol. The molecular formula is C26H35N3O3. The number of rotatable bonds is 10. The zero-order chi connectivity index (χ0) is 22.8. The highest BCUT2D eigenvalue weighted by Gasteiger charge is 2.19. The topological polar surface area (TPSA) is 70.7 Å². The summed E-state index contributed by atoms with van der Waals surface area (Å²) in [6.45, 7) is 1.28. The normalized spacial score (nSPS) is 14.2. The van der Waals surface area contributed by atoms with Gasteiger partial charge in [0.1, 0.15) is 5.75 Å². The third-order valence-electron chi connectivity index (χ3n) is 6.13. The third kappa shape index (κ3) is 7.09. The molecule has 0 aromatic heterocycles. The second-order valence-electron chi connectivity index (χ2n) is 8.50. The highest BCUT2D eigenvalue weighted by molar-refractivity contribution is 5.94. The van der Waals surface area contributed by atoms with Crippen LogP contribution in [0, 0.1) is 0 Å². The molecule has 0 unspecified atom stereocenters. The van der Waals surface area contributed by atoms with Gasteiger partial charge in [-0.15, -0.1) is 0 Å². The van der Waals surface area contributed by atoms with Crippen LogP contribution in [0.2, 0.25) is 0 Å². The lowest BCUT2D eigenvalue weighted by Gasteiger charge is -2.31. The van der Waals surface area contributed by atoms with E-state index >= 15 is 0 Å². The molecule has 2 amide bonds. The van der Waals surface area contributed by atoms with E-state index in [1.165, 1.54) is 32.1 Å². The van der Waals surface area contributed by atoms with Crippen molar-refractivity contribution < 1.29 is 14.3 Å². The molecule has 0 saturated heterocycles. The van der Waals surface area contributed by atoms with Gasteiger partial charge in [-0.25, -0.2) is 0 Å². The second kappa shape index (κ2) is 12.2. The molecule has 2 N–H and O–H groups in total. The van der Waals surface area contributed by atoms with Crippen molar-refractivity contribution in [2.45, 2.75) is 57.5 Å². The monoisotopic (exact) mass is 437 g/mol. The van der Waals surface area contributed by atoms with E-state index in [0.717, 1.165) is 17.8 Å². The van der Waals surface area contributed by atoms with Gasteiger partial charge in [0, 0.05) is 36.8 Å². The van der Waals surface area contributed by atoms with Gasteiger partial charge in [0.25, 0.3) is 5.91 Å². The number of nitrogens with zero attached hydrogens (tertiary/aromatic N) is 1. The predicted octanol–water partition coefficient (Wildman–Crippen LogP) is 4.61. The molecule has 1 saturated carbocycles. The number of ether oxygens (including phenoxy) is 1. The van der Waals surface area contributed by atoms with Crippen LogP contribution in [0.25, 0.3) is 0 Å². The summed E-state index contributed by atoms with van der Waals surface area (Å²) in [6.07, 6.45) is 7.41. The largest absolute Gasteiger partial charge is 0.497 e. The smallest absolute Gasteiger partial charge is 0.251 e. The number of carbonyl (C=O) groups is 2. The maximum Gasteiger partial charge on any atom is 0.251 e. The number of anilines is 1. The molecule has 0 spiro atoms. The molecule has 32 heavy (non-hydrogen) atoms. The maximum atomic E-state index is 12.5. The first kappa shape index (κ1) is 23.8. The molecule has 1 aliphatic rings. The van der Waals surface area contributed by atoms with E-state index in [9.17, 15) is 9.59 Å². The first-order valence-corrected chi connectivity index (χ1v) is 11.6. The van der Waals surface area contributed by atoms with Gasteiger partial charge in [0.15, 0.2) is 0 Å². The Morgan fingerprint density at radius 2 is 1.75 bits per heavy atom. The Balaban J connectivity index is 1.43. The van der Waals surface area contributed by atoms with Gasteiger partial charge >= 0.3 is 0 Å². The number of hydrogen-bond acceptors (Lipinski definition) is 4. The molecule has 0 heterocycles. The van der Waals surface area contributed by atoms with Crippen molar-refractivity contribution in [1.29, 1.82) is 0 Å². The van der Waals surface area contributed by atoms with Gasteiger partial charge in [0.2, 0.25) is 5.91 Å². The van der Waals surface area contributed by atoms with Crippen molar-refractivity contribution in [1.82, 2.24) is 10.2 Å². The molecule has 6 nitrogen and oxygen atoms in total. The summed E-state index contributed by atoms with van der Waals surface area (Å²) in [5.74, 6) is 0.532. The molecule has 3 rings (SSSR count). The Kier molecular flexibility index (Phi) is 9.11. The van der Waals surface area contributed by atoms with Crippen LogP contribution in [0.5, 0.6) is 5.75 Å². The first-order valence-electron chi connectivity index (χ1n) is 11.6. The van der Waals surface area contributed by atoms with E-state index in [4.69, 9.17) is 4.74 Å². The third-order valence-corrected chi connectivity index (χ3v) is 6.13. The van der Waals surface area contributed by atoms with Crippen LogP contribution in [0.15, 0.2) is 48.5 Å². The molecule has 0 atom stereocenters. The molecule has 172 valence electrons. The number of methoxy groups -OCH3 is 1. The number of para-hydroxylation sites is 1. The minimum absolute atomic E-state index is 0.0311. The minimum atomic E-state index is -0.149. The van der Waals surface area contributed by atoms with Crippen molar-refractivity contribution >= 4 is 17.5 Å². The number of carbonyl (C=O) groups excluding carboxylic acids is 2. The lowest BCUT2D eigenvalue weighted by atomic mass is 9.94. The number of hydrogen-bond donors (Lipinski definition) is 2. The van der Waals surface area contributed by atoms with Crippen LogP contribution < -0.4 is 15.4 Å². The lowest BCUT2D eigenvalue weighted by molar-refractivity contribution is -0.116. The van der Waals surface area contributed by atoms with Crippen LogP contribution >= 0.6 is 0 Å². The van der Waals surface area contributed by atoms with Crippen molar-refractivity contribution in [3.8, 4) is 5.75 Å². The Morgan fingerprint density at radius 1 is 1.03 bits per heavy atom. The molecular weight excluding hydrogens is 402 g/mol. The van der Waals surface area contributed by atoms with Crippen LogP contribution in [-0.4, -0.2) is 43.5 Å². The molecule has 2 aromatic carbocycles. The SMILES string of the molecule is COc1ccc(C(=O)NCCCC(=O)Nc2ccccc2CN(C)C2CCCCC2)cc1. The summed E-state index contributed by atoms with van der Waals surface area (Å²) in [5.41, 5.74) is 2.59. The quantitative estimate of drug-likeness (QED) is 0.533. The lowest BCUT2D eigenvalue weighted by Crippen LogP contribution is -2.33. The van der Waals surface area contributed by atoms with E-state index in [1.807, 2.05) is 18.2 Å². The molecule has 1 aliphatic carbocycles. The molecule has 6 heteroatoms. The number of amides is 2. The molecule has 0 aliphatic heterocycles. The highest BCUT2D eigenvalue weighted by Crippen LogP contribution is 2.25. The number of benzene rings is 2. The van der Waals surface area contributed by atoms with Crippen LogP contribution in [0.4, 0.5) is 5.69 Å². The Morgan fingerprint density at radius 3 is 2.47 bits per heavy atom.